The highest BCUT2D eigenvalue weighted by Crippen LogP contribution is 2.04. The summed E-state index contributed by atoms with van der Waals surface area (Å²) in [5.41, 5.74) is -0.00884. The molecule has 82 valence electrons. The highest BCUT2D eigenvalue weighted by Gasteiger charge is 2.13. The molecule has 0 saturated carbocycles. The third kappa shape index (κ3) is 3.51. The van der Waals surface area contributed by atoms with E-state index in [9.17, 15) is 9.18 Å². The Hall–Kier alpha value is -1.10. The van der Waals surface area contributed by atoms with Gasteiger partial charge in [-0.25, -0.2) is 4.98 Å². The second kappa shape index (κ2) is 5.70. The zero-order valence-corrected chi connectivity index (χ0v) is 9.47. The monoisotopic (exact) mass is 228 g/mol. The van der Waals surface area contributed by atoms with Crippen LogP contribution in [-0.4, -0.2) is 28.9 Å². The lowest BCUT2D eigenvalue weighted by molar-refractivity contribution is 0.0939. The van der Waals surface area contributed by atoms with Crippen LogP contribution in [0.5, 0.6) is 0 Å². The second-order valence-electron chi connectivity index (χ2n) is 3.17. The first-order valence-electron chi connectivity index (χ1n) is 4.55. The van der Waals surface area contributed by atoms with Gasteiger partial charge in [0.05, 0.1) is 5.56 Å². The van der Waals surface area contributed by atoms with Crippen molar-refractivity contribution in [1.29, 1.82) is 0 Å². The molecular formula is C10H13FN2OS. The first kappa shape index (κ1) is 12.0. The van der Waals surface area contributed by atoms with Crippen LogP contribution in [0, 0.1) is 5.95 Å². The summed E-state index contributed by atoms with van der Waals surface area (Å²) in [6.45, 7) is 1.88. The molecule has 1 aromatic heterocycles. The summed E-state index contributed by atoms with van der Waals surface area (Å²) >= 11 is 1.63. The number of hydrogen-bond acceptors (Lipinski definition) is 3. The molecule has 0 aliphatic rings. The molecule has 1 unspecified atom stereocenters. The van der Waals surface area contributed by atoms with E-state index in [2.05, 4.69) is 10.3 Å². The van der Waals surface area contributed by atoms with Gasteiger partial charge in [0, 0.05) is 18.0 Å². The Bertz CT molecular complexity index is 346. The average molecular weight is 228 g/mol. The molecule has 0 saturated heterocycles. The van der Waals surface area contributed by atoms with Crippen LogP contribution in [-0.2, 0) is 0 Å². The SMILES string of the molecule is CSCC(C)NC(=O)c1cccnc1F. The van der Waals surface area contributed by atoms with Gasteiger partial charge in [-0.05, 0) is 25.3 Å². The number of rotatable bonds is 4. The number of carbonyl (C=O) groups is 1. The molecule has 1 atom stereocenters. The number of halogens is 1. The summed E-state index contributed by atoms with van der Waals surface area (Å²) in [5.74, 6) is -0.346. The Kier molecular flexibility index (Phi) is 4.55. The lowest BCUT2D eigenvalue weighted by Gasteiger charge is -2.12. The Morgan fingerprint density at radius 3 is 3.07 bits per heavy atom. The largest absolute Gasteiger partial charge is 0.349 e. The van der Waals surface area contributed by atoms with Gasteiger partial charge in [-0.15, -0.1) is 0 Å². The minimum Gasteiger partial charge on any atom is -0.349 e. The van der Waals surface area contributed by atoms with Gasteiger partial charge in [0.1, 0.15) is 0 Å². The average Bonchev–Trinajstić information content (AvgIpc) is 2.18. The number of nitrogens with zero attached hydrogens (tertiary/aromatic N) is 1. The van der Waals surface area contributed by atoms with Crippen molar-refractivity contribution in [3.63, 3.8) is 0 Å². The van der Waals surface area contributed by atoms with Crippen molar-refractivity contribution in [2.45, 2.75) is 13.0 Å². The summed E-state index contributed by atoms with van der Waals surface area (Å²) in [6.07, 6.45) is 3.27. The minimum absolute atomic E-state index is 0.00884. The number of carbonyl (C=O) groups excluding carboxylic acids is 1. The van der Waals surface area contributed by atoms with Gasteiger partial charge >= 0.3 is 0 Å². The van der Waals surface area contributed by atoms with E-state index in [-0.39, 0.29) is 11.6 Å². The third-order valence-corrected chi connectivity index (χ3v) is 2.63. The normalized spacial score (nSPS) is 12.2. The second-order valence-corrected chi connectivity index (χ2v) is 4.08. The third-order valence-electron chi connectivity index (χ3n) is 1.80. The maximum Gasteiger partial charge on any atom is 0.256 e. The van der Waals surface area contributed by atoms with Crippen molar-refractivity contribution in [2.24, 2.45) is 0 Å². The van der Waals surface area contributed by atoms with Crippen LogP contribution in [0.25, 0.3) is 0 Å². The zero-order valence-electron chi connectivity index (χ0n) is 8.66. The molecular weight excluding hydrogens is 215 g/mol. The van der Waals surface area contributed by atoms with Crippen LogP contribution in [0.3, 0.4) is 0 Å². The molecule has 0 radical (unpaired) electrons. The highest BCUT2D eigenvalue weighted by molar-refractivity contribution is 7.98. The van der Waals surface area contributed by atoms with Crippen LogP contribution in [0.4, 0.5) is 4.39 Å². The highest BCUT2D eigenvalue weighted by atomic mass is 32.2. The molecule has 5 heteroatoms. The van der Waals surface area contributed by atoms with Crippen molar-refractivity contribution < 1.29 is 9.18 Å². The molecule has 0 fully saturated rings. The summed E-state index contributed by atoms with van der Waals surface area (Å²) in [7, 11) is 0. The van der Waals surface area contributed by atoms with Gasteiger partial charge in [0.25, 0.3) is 5.91 Å². The fourth-order valence-electron chi connectivity index (χ4n) is 1.15. The molecule has 1 N–H and O–H groups in total. The van der Waals surface area contributed by atoms with Crippen molar-refractivity contribution >= 4 is 17.7 Å². The van der Waals surface area contributed by atoms with Gasteiger partial charge < -0.3 is 5.32 Å². The number of amides is 1. The molecule has 1 amide bonds. The number of thioether (sulfide) groups is 1. The molecule has 1 heterocycles. The fourth-order valence-corrected chi connectivity index (χ4v) is 1.73. The molecule has 3 nitrogen and oxygen atoms in total. The van der Waals surface area contributed by atoms with E-state index in [1.807, 2.05) is 13.2 Å². The van der Waals surface area contributed by atoms with Gasteiger partial charge in [-0.2, -0.15) is 16.2 Å². The predicted molar refractivity (Wildman–Crippen MR) is 59.5 cm³/mol. The predicted octanol–water partition coefficient (Wildman–Crippen LogP) is 1.70. The van der Waals surface area contributed by atoms with Crippen molar-refractivity contribution in [1.82, 2.24) is 10.3 Å². The lowest BCUT2D eigenvalue weighted by Crippen LogP contribution is -2.34. The number of nitrogens with one attached hydrogen (secondary N) is 1. The van der Waals surface area contributed by atoms with Crippen LogP contribution in [0.1, 0.15) is 17.3 Å². The summed E-state index contributed by atoms with van der Waals surface area (Å²) in [5, 5.41) is 2.70. The quantitative estimate of drug-likeness (QED) is 0.798. The van der Waals surface area contributed by atoms with E-state index >= 15 is 0 Å². The fraction of sp³-hybridized carbons (Fsp3) is 0.400. The minimum atomic E-state index is -0.730. The maximum atomic E-state index is 13.1. The van der Waals surface area contributed by atoms with Gasteiger partial charge in [0.15, 0.2) is 0 Å². The lowest BCUT2D eigenvalue weighted by atomic mass is 10.2. The molecule has 0 spiro atoms. The summed E-state index contributed by atoms with van der Waals surface area (Å²) < 4.78 is 13.1. The molecule has 0 bridgehead atoms. The Labute approximate surface area is 92.5 Å². The molecule has 15 heavy (non-hydrogen) atoms. The summed E-state index contributed by atoms with van der Waals surface area (Å²) in [4.78, 5) is 15.0. The molecule has 1 aromatic rings. The summed E-state index contributed by atoms with van der Waals surface area (Å²) in [6, 6.07) is 2.98. The van der Waals surface area contributed by atoms with E-state index in [0.29, 0.717) is 0 Å². The first-order valence-corrected chi connectivity index (χ1v) is 5.95. The van der Waals surface area contributed by atoms with E-state index in [1.54, 1.807) is 11.8 Å². The Morgan fingerprint density at radius 1 is 1.73 bits per heavy atom. The van der Waals surface area contributed by atoms with Crippen molar-refractivity contribution in [3.05, 3.63) is 29.8 Å². The Balaban J connectivity index is 2.65. The topological polar surface area (TPSA) is 42.0 Å². The van der Waals surface area contributed by atoms with Crippen molar-refractivity contribution in [2.75, 3.05) is 12.0 Å². The van der Waals surface area contributed by atoms with Gasteiger partial charge in [0.2, 0.25) is 5.95 Å². The van der Waals surface area contributed by atoms with Gasteiger partial charge in [-0.3, -0.25) is 4.79 Å². The smallest absolute Gasteiger partial charge is 0.256 e. The van der Waals surface area contributed by atoms with E-state index < -0.39 is 11.9 Å². The number of aromatic nitrogens is 1. The number of pyridine rings is 1. The number of hydrogen-bond donors (Lipinski definition) is 1. The Morgan fingerprint density at radius 2 is 2.47 bits per heavy atom. The maximum absolute atomic E-state index is 13.1. The molecule has 0 aliphatic carbocycles. The van der Waals surface area contributed by atoms with Crippen LogP contribution in [0.15, 0.2) is 18.3 Å². The van der Waals surface area contributed by atoms with Crippen LogP contribution in [0.2, 0.25) is 0 Å². The van der Waals surface area contributed by atoms with Gasteiger partial charge in [-0.1, -0.05) is 0 Å². The van der Waals surface area contributed by atoms with Crippen molar-refractivity contribution in [3.8, 4) is 0 Å². The first-order chi connectivity index (χ1) is 7.15. The van der Waals surface area contributed by atoms with E-state index in [0.717, 1.165) is 5.75 Å². The van der Waals surface area contributed by atoms with Crippen LogP contribution < -0.4 is 5.32 Å². The zero-order chi connectivity index (χ0) is 11.3. The molecule has 0 aliphatic heterocycles. The van der Waals surface area contributed by atoms with Crippen LogP contribution >= 0.6 is 11.8 Å². The standard InChI is InChI=1S/C10H13FN2OS/c1-7(6-15-2)13-10(14)8-4-3-5-12-9(8)11/h3-5,7H,6H2,1-2H3,(H,13,14). The van der Waals surface area contributed by atoms with E-state index in [1.165, 1.54) is 18.3 Å². The van der Waals surface area contributed by atoms with E-state index in [4.69, 9.17) is 0 Å². The molecule has 1 rings (SSSR count). The molecule has 0 aromatic carbocycles.